The van der Waals surface area contributed by atoms with Gasteiger partial charge in [0.05, 0.1) is 0 Å². The molecule has 2 bridgehead atoms. The molecule has 0 atom stereocenters. The van der Waals surface area contributed by atoms with E-state index in [0.29, 0.717) is 18.6 Å². The molecular weight excluding hydrogens is 703 g/mol. The maximum atomic E-state index is 14.0. The van der Waals surface area contributed by atoms with Gasteiger partial charge in [-0.2, -0.15) is 0 Å². The molecule has 6 aromatic carbocycles. The van der Waals surface area contributed by atoms with Crippen molar-refractivity contribution in [2.24, 2.45) is 2.92 Å². The molecule has 10 heteroatoms. The average Bonchev–Trinajstić information content (AvgIpc) is 3.72. The van der Waals surface area contributed by atoms with E-state index < -0.39 is 33.4 Å². The van der Waals surface area contributed by atoms with Gasteiger partial charge in [0.25, 0.3) is 0 Å². The number of halogens is 2. The van der Waals surface area contributed by atoms with Crippen molar-refractivity contribution >= 4 is 104 Å². The molecule has 47 heavy (non-hydrogen) atoms. The van der Waals surface area contributed by atoms with Crippen LogP contribution in [0, 0.1) is 0 Å². The zero-order valence-corrected chi connectivity index (χ0v) is 28.3. The molecule has 0 amide bonds. The number of rotatable bonds is 4. The van der Waals surface area contributed by atoms with Crippen molar-refractivity contribution in [1.82, 2.24) is 4.57 Å². The second-order valence-electron chi connectivity index (χ2n) is 14.1. The van der Waals surface area contributed by atoms with Gasteiger partial charge in [-0.25, -0.2) is 0 Å². The molecule has 7 aromatic rings. The monoisotopic (exact) mass is 727 g/mol. The third-order valence-corrected chi connectivity index (χ3v) is 22.7. The molecule has 0 spiro atoms. The first-order chi connectivity index (χ1) is 23.2. The first kappa shape index (κ1) is 26.3. The van der Waals surface area contributed by atoms with Crippen LogP contribution in [0.25, 0.3) is 27.5 Å². The van der Waals surface area contributed by atoms with Gasteiger partial charge in [-0.3, -0.25) is 0 Å². The fraction of sp³-hybridized carbons (Fsp3) is 0.0270. The molecule has 0 N–H and O–H groups in total. The van der Waals surface area contributed by atoms with Crippen molar-refractivity contribution in [1.29, 1.82) is 0 Å². The molecule has 13 rings (SSSR count). The Morgan fingerprint density at radius 1 is 0.681 bits per heavy atom. The van der Waals surface area contributed by atoms with E-state index in [2.05, 4.69) is 151 Å². The van der Waals surface area contributed by atoms with Gasteiger partial charge in [0.2, 0.25) is 0 Å². The van der Waals surface area contributed by atoms with Gasteiger partial charge >= 0.3 is 275 Å². The SMILES string of the molecule is FI=NP12(c3ccc4c(c3)c3cccc5c3n4-c3cccc4c3B5c3ccccc3C4(c3ccccc3)c3ccccc3)B3[B-]B1B32. The Balaban J connectivity index is 1.22. The van der Waals surface area contributed by atoms with Gasteiger partial charge < -0.3 is 0 Å². The van der Waals surface area contributed by atoms with Crippen LogP contribution in [-0.4, -0.2) is 37.0 Å². The summed E-state index contributed by atoms with van der Waals surface area (Å²) in [6.45, 7) is 0.112. The molecule has 1 aromatic heterocycles. The number of nitrogens with zero attached hydrogens (tertiary/aromatic N) is 2. The third kappa shape index (κ3) is 2.65. The standard InChI is InChI=1S/C37H23B5FIN2P/c43-44-45-47(40-38-41(47)42(40)47)26-21-22-33-28(23-26)27-15-9-19-32-36(27)46(33)34-20-10-17-30-35(34)39(32)31-18-8-7-16-29(31)37(30,24-11-3-1-4-12-24)25-13-5-2-6-14-25/h1-23H/q-1. The summed E-state index contributed by atoms with van der Waals surface area (Å²) >= 11 is -1.58. The predicted molar refractivity (Wildman–Crippen MR) is 211 cm³/mol. The number of aromatic nitrogens is 1. The van der Waals surface area contributed by atoms with E-state index in [1.165, 1.54) is 71.4 Å². The van der Waals surface area contributed by atoms with Crippen molar-refractivity contribution in [3.8, 4) is 5.69 Å². The Bertz CT molecular complexity index is 2530. The third-order valence-electron chi connectivity index (χ3n) is 12.8. The number of para-hydroxylation sites is 1. The Labute approximate surface area is 285 Å². The van der Waals surface area contributed by atoms with Crippen LogP contribution in [0.2, 0.25) is 0 Å². The number of hydrogen-bond donors (Lipinski definition) is 0. The summed E-state index contributed by atoms with van der Waals surface area (Å²) < 4.78 is 21.5. The van der Waals surface area contributed by atoms with Crippen molar-refractivity contribution in [2.45, 2.75) is 5.41 Å². The Morgan fingerprint density at radius 3 is 2.04 bits per heavy atom. The normalized spacial score (nSPS) is 20.1. The van der Waals surface area contributed by atoms with Crippen LogP contribution in [0.15, 0.2) is 142 Å². The maximum absolute atomic E-state index is 14.0. The molecule has 6 aliphatic rings. The van der Waals surface area contributed by atoms with Crippen molar-refractivity contribution in [3.05, 3.63) is 162 Å². The molecule has 7 heterocycles. The molecule has 2 nitrogen and oxygen atoms in total. The van der Waals surface area contributed by atoms with Crippen LogP contribution in [0.1, 0.15) is 22.3 Å². The minimum atomic E-state index is -2.36. The molecular formula is C37H23B5FIN2P-. The number of benzene rings is 6. The summed E-state index contributed by atoms with van der Waals surface area (Å²) in [5, 5.41) is 3.93. The van der Waals surface area contributed by atoms with Gasteiger partial charge in [-0.1, -0.05) is 12.1 Å². The minimum absolute atomic E-state index is 0.112. The zero-order valence-electron chi connectivity index (χ0n) is 25.3. The summed E-state index contributed by atoms with van der Waals surface area (Å²) in [5.41, 5.74) is 12.7. The summed E-state index contributed by atoms with van der Waals surface area (Å²) in [5.74, 6) is 0. The van der Waals surface area contributed by atoms with Crippen LogP contribution in [-0.2, 0) is 5.41 Å². The van der Waals surface area contributed by atoms with E-state index in [9.17, 15) is 2.86 Å². The van der Waals surface area contributed by atoms with E-state index in [1.54, 1.807) is 0 Å². The fourth-order valence-corrected chi connectivity index (χ4v) is 22.3. The zero-order chi connectivity index (χ0) is 30.7. The molecule has 4 saturated heterocycles. The van der Waals surface area contributed by atoms with Gasteiger partial charge in [0.1, 0.15) is 0 Å². The van der Waals surface area contributed by atoms with Crippen LogP contribution in [0.3, 0.4) is 0 Å². The molecule has 4 fully saturated rings. The van der Waals surface area contributed by atoms with Crippen molar-refractivity contribution in [3.63, 3.8) is 0 Å². The quantitative estimate of drug-likeness (QED) is 0.115. The van der Waals surface area contributed by atoms with Crippen molar-refractivity contribution in [2.75, 3.05) is 0 Å². The molecule has 0 unspecified atom stereocenters. The Morgan fingerprint density at radius 2 is 1.34 bits per heavy atom. The van der Waals surface area contributed by atoms with Gasteiger partial charge in [-0.05, 0) is 0 Å². The molecule has 2 radical (unpaired) electrons. The first-order valence-electron chi connectivity index (χ1n) is 16.5. The predicted octanol–water partition coefficient (Wildman–Crippen LogP) is 6.31. The molecule has 6 aliphatic heterocycles. The number of hydrogen-bond acceptors (Lipinski definition) is 1. The van der Waals surface area contributed by atoms with Crippen molar-refractivity contribution < 1.29 is 2.86 Å². The summed E-state index contributed by atoms with van der Waals surface area (Å²) in [6.07, 6.45) is -0.561. The number of fused-ring (bicyclic) bond motifs is 7. The topological polar surface area (TPSA) is 17.3 Å². The van der Waals surface area contributed by atoms with E-state index in [0.717, 1.165) is 0 Å². The average molecular weight is 727 g/mol. The summed E-state index contributed by atoms with van der Waals surface area (Å²) in [4.78, 5) is 0. The second-order valence-corrected chi connectivity index (χ2v) is 20.8. The van der Waals surface area contributed by atoms with Crippen LogP contribution < -0.4 is 21.7 Å². The first-order valence-corrected chi connectivity index (χ1v) is 20.7. The van der Waals surface area contributed by atoms with E-state index in [1.807, 2.05) is 0 Å². The molecule has 0 saturated carbocycles. The molecule has 0 aliphatic carbocycles. The van der Waals surface area contributed by atoms with Crippen LogP contribution in [0.5, 0.6) is 0 Å². The van der Waals surface area contributed by atoms with Gasteiger partial charge in [-0.15, -0.1) is 0 Å². The Kier molecular flexibility index (Phi) is 4.75. The van der Waals surface area contributed by atoms with Gasteiger partial charge in [0, 0.05) is 0 Å². The van der Waals surface area contributed by atoms with Crippen LogP contribution >= 0.6 is 28.0 Å². The van der Waals surface area contributed by atoms with Gasteiger partial charge in [0.15, 0.2) is 0 Å². The summed E-state index contributed by atoms with van der Waals surface area (Å²) in [6, 6.07) is 52.4. The summed E-state index contributed by atoms with van der Waals surface area (Å²) in [7, 11) is 2.45. The van der Waals surface area contributed by atoms with E-state index in [4.69, 9.17) is 2.92 Å². The molecule has 216 valence electrons. The Hall–Kier alpha value is -3.67. The second kappa shape index (κ2) is 8.48. The fourth-order valence-electron chi connectivity index (χ4n) is 10.8. The van der Waals surface area contributed by atoms with E-state index >= 15 is 0 Å². The van der Waals surface area contributed by atoms with E-state index in [-0.39, 0.29) is 6.71 Å². The van der Waals surface area contributed by atoms with Crippen LogP contribution in [0.4, 0.5) is 2.86 Å².